The van der Waals surface area contributed by atoms with E-state index < -0.39 is 0 Å². The van der Waals surface area contributed by atoms with E-state index >= 15 is 0 Å². The molecular weight excluding hydrogens is 168 g/mol. The monoisotopic (exact) mass is 184 g/mol. The fourth-order valence-corrected chi connectivity index (χ4v) is 1.99. The van der Waals surface area contributed by atoms with Crippen LogP contribution in [0.15, 0.2) is 36.4 Å². The van der Waals surface area contributed by atoms with Crippen molar-refractivity contribution in [2.45, 2.75) is 26.7 Å². The zero-order chi connectivity index (χ0) is 9.97. The van der Waals surface area contributed by atoms with Crippen LogP contribution in [0.4, 0.5) is 0 Å². The maximum atomic E-state index is 2.33. The molecule has 72 valence electrons. The van der Waals surface area contributed by atoms with E-state index in [4.69, 9.17) is 0 Å². The third kappa shape index (κ3) is 1.52. The molecule has 2 aromatic rings. The zero-order valence-corrected chi connectivity index (χ0v) is 8.88. The van der Waals surface area contributed by atoms with Gasteiger partial charge in [-0.3, -0.25) is 0 Å². The van der Waals surface area contributed by atoms with Crippen LogP contribution in [0.5, 0.6) is 0 Å². The Labute approximate surface area is 85.6 Å². The van der Waals surface area contributed by atoms with Crippen molar-refractivity contribution >= 4 is 10.8 Å². The lowest BCUT2D eigenvalue weighted by Gasteiger charge is -2.07. The van der Waals surface area contributed by atoms with Crippen LogP contribution < -0.4 is 0 Å². The Morgan fingerprint density at radius 1 is 0.786 bits per heavy atom. The summed E-state index contributed by atoms with van der Waals surface area (Å²) in [6, 6.07) is 13.2. The van der Waals surface area contributed by atoms with Crippen LogP contribution in [0.25, 0.3) is 10.8 Å². The molecule has 0 saturated heterocycles. The van der Waals surface area contributed by atoms with E-state index in [2.05, 4.69) is 50.2 Å². The predicted octanol–water partition coefficient (Wildman–Crippen LogP) is 3.96. The second-order valence-corrected chi connectivity index (χ2v) is 3.68. The molecule has 0 bridgehead atoms. The van der Waals surface area contributed by atoms with Crippen molar-refractivity contribution in [3.63, 3.8) is 0 Å². The van der Waals surface area contributed by atoms with Gasteiger partial charge in [-0.15, -0.1) is 0 Å². The van der Waals surface area contributed by atoms with E-state index in [1.807, 2.05) is 0 Å². The Morgan fingerprint density at radius 2 is 1.21 bits per heavy atom. The third-order valence-electron chi connectivity index (χ3n) is 2.83. The molecule has 0 nitrogen and oxygen atoms in total. The first-order valence-corrected chi connectivity index (χ1v) is 5.35. The highest BCUT2D eigenvalue weighted by atomic mass is 14.1. The van der Waals surface area contributed by atoms with Gasteiger partial charge < -0.3 is 0 Å². The summed E-state index contributed by atoms with van der Waals surface area (Å²) in [7, 11) is 0. The van der Waals surface area contributed by atoms with Crippen molar-refractivity contribution in [1.82, 2.24) is 0 Å². The maximum Gasteiger partial charge on any atom is -0.0181 e. The number of rotatable bonds is 2. The van der Waals surface area contributed by atoms with Gasteiger partial charge in [0.05, 0.1) is 0 Å². The Hall–Kier alpha value is -1.30. The first kappa shape index (κ1) is 9.26. The highest BCUT2D eigenvalue weighted by Gasteiger charge is 2.00. The van der Waals surface area contributed by atoms with Gasteiger partial charge in [0.15, 0.2) is 0 Å². The first-order chi connectivity index (χ1) is 6.85. The molecule has 0 unspecified atom stereocenters. The summed E-state index contributed by atoms with van der Waals surface area (Å²) in [5.41, 5.74) is 2.98. The average Bonchev–Trinajstić information content (AvgIpc) is 2.27. The molecule has 0 amide bonds. The quantitative estimate of drug-likeness (QED) is 0.662. The molecule has 2 rings (SSSR count). The highest BCUT2D eigenvalue weighted by Crippen LogP contribution is 2.20. The average molecular weight is 184 g/mol. The normalized spacial score (nSPS) is 10.7. The second kappa shape index (κ2) is 3.83. The molecule has 2 aromatic carbocycles. The van der Waals surface area contributed by atoms with E-state index in [9.17, 15) is 0 Å². The van der Waals surface area contributed by atoms with E-state index in [1.165, 1.54) is 21.9 Å². The minimum Gasteiger partial charge on any atom is -0.0616 e. The lowest BCUT2D eigenvalue weighted by Crippen LogP contribution is -1.90. The molecule has 0 heterocycles. The van der Waals surface area contributed by atoms with Gasteiger partial charge in [-0.1, -0.05) is 50.2 Å². The van der Waals surface area contributed by atoms with Gasteiger partial charge in [0, 0.05) is 0 Å². The molecule has 0 aliphatic rings. The summed E-state index contributed by atoms with van der Waals surface area (Å²) in [5, 5.41) is 2.73. The summed E-state index contributed by atoms with van der Waals surface area (Å²) in [6.45, 7) is 4.45. The van der Waals surface area contributed by atoms with Gasteiger partial charge in [0.2, 0.25) is 0 Å². The lowest BCUT2D eigenvalue weighted by atomic mass is 9.98. The van der Waals surface area contributed by atoms with Gasteiger partial charge in [-0.2, -0.15) is 0 Å². The zero-order valence-electron chi connectivity index (χ0n) is 8.88. The second-order valence-electron chi connectivity index (χ2n) is 3.68. The largest absolute Gasteiger partial charge is 0.0616 e. The number of aryl methyl sites for hydroxylation is 2. The molecule has 14 heavy (non-hydrogen) atoms. The Morgan fingerprint density at radius 3 is 1.57 bits per heavy atom. The van der Waals surface area contributed by atoms with Crippen molar-refractivity contribution in [2.24, 2.45) is 0 Å². The topological polar surface area (TPSA) is 0 Å². The van der Waals surface area contributed by atoms with Crippen LogP contribution >= 0.6 is 0 Å². The van der Waals surface area contributed by atoms with Gasteiger partial charge in [0.25, 0.3) is 0 Å². The van der Waals surface area contributed by atoms with Gasteiger partial charge in [-0.25, -0.2) is 0 Å². The molecule has 0 fully saturated rings. The standard InChI is InChI=1S/C14H16/c1-3-11-9-13-7-5-6-8-14(13)10-12(11)4-2/h5-10H,3-4H2,1-2H3. The number of hydrogen-bond donors (Lipinski definition) is 0. The Bertz CT molecular complexity index is 398. The molecular formula is C14H16. The van der Waals surface area contributed by atoms with E-state index in [0.29, 0.717) is 0 Å². The van der Waals surface area contributed by atoms with Gasteiger partial charge >= 0.3 is 0 Å². The fraction of sp³-hybridized carbons (Fsp3) is 0.286. The summed E-state index contributed by atoms with van der Waals surface area (Å²) in [5.74, 6) is 0. The molecule has 0 aromatic heterocycles. The molecule has 0 spiro atoms. The Kier molecular flexibility index (Phi) is 2.53. The minimum atomic E-state index is 1.13. The molecule has 0 atom stereocenters. The Balaban J connectivity index is 2.69. The molecule has 0 aliphatic heterocycles. The molecule has 0 aliphatic carbocycles. The minimum absolute atomic E-state index is 1.13. The maximum absolute atomic E-state index is 2.33. The summed E-state index contributed by atoms with van der Waals surface area (Å²) < 4.78 is 0. The molecule has 0 saturated carbocycles. The lowest BCUT2D eigenvalue weighted by molar-refractivity contribution is 1.04. The molecule has 0 N–H and O–H groups in total. The summed E-state index contributed by atoms with van der Waals surface area (Å²) >= 11 is 0. The van der Waals surface area contributed by atoms with Crippen LogP contribution in [0.1, 0.15) is 25.0 Å². The highest BCUT2D eigenvalue weighted by molar-refractivity contribution is 5.84. The molecule has 0 heteroatoms. The van der Waals surface area contributed by atoms with Gasteiger partial charge in [0.1, 0.15) is 0 Å². The number of fused-ring (bicyclic) bond motifs is 1. The van der Waals surface area contributed by atoms with Crippen LogP contribution in [-0.4, -0.2) is 0 Å². The van der Waals surface area contributed by atoms with Gasteiger partial charge in [-0.05, 0) is 34.7 Å². The van der Waals surface area contributed by atoms with Crippen molar-refractivity contribution in [2.75, 3.05) is 0 Å². The summed E-state index contributed by atoms with van der Waals surface area (Å²) in [4.78, 5) is 0. The molecule has 0 radical (unpaired) electrons. The number of hydrogen-bond acceptors (Lipinski definition) is 0. The predicted molar refractivity (Wildman–Crippen MR) is 62.7 cm³/mol. The van der Waals surface area contributed by atoms with E-state index in [0.717, 1.165) is 12.8 Å². The van der Waals surface area contributed by atoms with Crippen molar-refractivity contribution in [3.05, 3.63) is 47.5 Å². The van der Waals surface area contributed by atoms with Crippen molar-refractivity contribution in [3.8, 4) is 0 Å². The first-order valence-electron chi connectivity index (χ1n) is 5.35. The smallest absolute Gasteiger partial charge is 0.0181 e. The van der Waals surface area contributed by atoms with E-state index in [1.54, 1.807) is 0 Å². The van der Waals surface area contributed by atoms with Crippen LogP contribution in [0.2, 0.25) is 0 Å². The van der Waals surface area contributed by atoms with Crippen LogP contribution in [0.3, 0.4) is 0 Å². The summed E-state index contributed by atoms with van der Waals surface area (Å²) in [6.07, 6.45) is 2.27. The number of benzene rings is 2. The van der Waals surface area contributed by atoms with Crippen molar-refractivity contribution in [1.29, 1.82) is 0 Å². The van der Waals surface area contributed by atoms with Crippen molar-refractivity contribution < 1.29 is 0 Å². The van der Waals surface area contributed by atoms with E-state index in [-0.39, 0.29) is 0 Å². The van der Waals surface area contributed by atoms with Crippen LogP contribution in [-0.2, 0) is 12.8 Å². The fourth-order valence-electron chi connectivity index (χ4n) is 1.99. The third-order valence-corrected chi connectivity index (χ3v) is 2.83. The van der Waals surface area contributed by atoms with Crippen LogP contribution in [0, 0.1) is 0 Å². The SMILES string of the molecule is CCc1cc2ccccc2cc1CC.